The minimum absolute atomic E-state index is 0.104. The third-order valence-electron chi connectivity index (χ3n) is 11.1. The summed E-state index contributed by atoms with van der Waals surface area (Å²) in [5.41, 5.74) is 0. The highest BCUT2D eigenvalue weighted by Gasteiger charge is 2.19. The summed E-state index contributed by atoms with van der Waals surface area (Å²) in [5.74, 6) is -0.977. The average Bonchev–Trinajstić information content (AvgIpc) is 3.30. The predicted octanol–water partition coefficient (Wildman–Crippen LogP) is 17.8. The van der Waals surface area contributed by atoms with Gasteiger partial charge in [0.15, 0.2) is 6.10 Å². The predicted molar refractivity (Wildman–Crippen MR) is 279 cm³/mol. The molecule has 1 atom stereocenters. The van der Waals surface area contributed by atoms with Crippen molar-refractivity contribution in [2.75, 3.05) is 13.2 Å². The van der Waals surface area contributed by atoms with Crippen molar-refractivity contribution in [1.29, 1.82) is 0 Å². The van der Waals surface area contributed by atoms with E-state index in [1.54, 1.807) is 0 Å². The van der Waals surface area contributed by atoms with Gasteiger partial charge in [0.2, 0.25) is 0 Å². The van der Waals surface area contributed by atoms with E-state index >= 15 is 0 Å². The molecule has 0 aliphatic carbocycles. The molecule has 65 heavy (non-hydrogen) atoms. The molecule has 0 rings (SSSR count). The van der Waals surface area contributed by atoms with Gasteiger partial charge in [0.05, 0.1) is 0 Å². The zero-order valence-electron chi connectivity index (χ0n) is 42.2. The molecule has 0 aliphatic heterocycles. The van der Waals surface area contributed by atoms with Gasteiger partial charge >= 0.3 is 17.9 Å². The highest BCUT2D eigenvalue weighted by Crippen LogP contribution is 2.14. The number of carbonyl (C=O) groups excluding carboxylic acids is 3. The van der Waals surface area contributed by atoms with Crippen LogP contribution in [0.25, 0.3) is 0 Å². The summed E-state index contributed by atoms with van der Waals surface area (Å²) in [4.78, 5) is 38.0. The van der Waals surface area contributed by atoms with Crippen molar-refractivity contribution >= 4 is 17.9 Å². The Bertz CT molecular complexity index is 1310. The number of carbonyl (C=O) groups is 3. The van der Waals surface area contributed by atoms with Crippen molar-refractivity contribution in [1.82, 2.24) is 0 Å². The Hall–Kier alpha value is -3.67. The van der Waals surface area contributed by atoms with E-state index in [1.807, 2.05) is 0 Å². The first-order valence-electron chi connectivity index (χ1n) is 26.7. The van der Waals surface area contributed by atoms with Crippen LogP contribution < -0.4 is 0 Å². The summed E-state index contributed by atoms with van der Waals surface area (Å²) >= 11 is 0. The molecule has 370 valence electrons. The van der Waals surface area contributed by atoms with Crippen molar-refractivity contribution in [3.8, 4) is 0 Å². The molecular formula is C59H98O6. The second kappa shape index (κ2) is 52.9. The van der Waals surface area contributed by atoms with Gasteiger partial charge in [-0.25, -0.2) is 0 Å². The monoisotopic (exact) mass is 903 g/mol. The molecule has 0 saturated heterocycles. The fourth-order valence-corrected chi connectivity index (χ4v) is 7.07. The maximum Gasteiger partial charge on any atom is 0.306 e. The van der Waals surface area contributed by atoms with Gasteiger partial charge in [-0.15, -0.1) is 0 Å². The fraction of sp³-hybridized carbons (Fsp3) is 0.678. The molecule has 0 fully saturated rings. The van der Waals surface area contributed by atoms with E-state index in [2.05, 4.69) is 118 Å². The van der Waals surface area contributed by atoms with Crippen LogP contribution in [0.1, 0.15) is 239 Å². The summed E-state index contributed by atoms with van der Waals surface area (Å²) in [6.07, 6.45) is 69.7. The largest absolute Gasteiger partial charge is 0.462 e. The van der Waals surface area contributed by atoms with Crippen LogP contribution in [-0.4, -0.2) is 37.2 Å². The van der Waals surface area contributed by atoms with Gasteiger partial charge in [-0.2, -0.15) is 0 Å². The number of ether oxygens (including phenoxy) is 3. The molecule has 0 aliphatic rings. The lowest BCUT2D eigenvalue weighted by Crippen LogP contribution is -2.30. The highest BCUT2D eigenvalue weighted by molar-refractivity contribution is 5.71. The minimum Gasteiger partial charge on any atom is -0.462 e. The lowest BCUT2D eigenvalue weighted by Gasteiger charge is -2.18. The molecule has 0 aromatic carbocycles. The van der Waals surface area contributed by atoms with Gasteiger partial charge in [0.1, 0.15) is 13.2 Å². The van der Waals surface area contributed by atoms with Crippen molar-refractivity contribution in [3.05, 3.63) is 97.2 Å². The van der Waals surface area contributed by atoms with E-state index in [1.165, 1.54) is 89.9 Å². The summed E-state index contributed by atoms with van der Waals surface area (Å²) in [6.45, 7) is 6.43. The molecule has 0 aromatic heterocycles. The van der Waals surface area contributed by atoms with E-state index in [0.717, 1.165) is 103 Å². The maximum absolute atomic E-state index is 12.8. The molecule has 0 amide bonds. The standard InChI is InChI=1S/C59H98O6/c1-4-7-10-13-16-19-22-24-26-28-29-31-32-34-37-40-43-46-49-52-58(61)64-55-56(54-63-57(60)51-48-45-42-39-36-21-18-15-12-9-6-3)65-59(62)53-50-47-44-41-38-35-33-30-27-25-23-20-17-14-11-8-5-2/h8,11,16-17,19-20,24-27,29,31,33,35,41,44,56H,4-7,9-10,12-15,18,21-23,28,30,32,34,36-40,42-43,45-55H2,1-3H3/b11-8-,19-16-,20-17-,26-24-,27-25-,31-29-,35-33-,44-41-. The van der Waals surface area contributed by atoms with E-state index < -0.39 is 6.10 Å². The van der Waals surface area contributed by atoms with Gasteiger partial charge in [-0.1, -0.05) is 221 Å². The molecule has 0 saturated carbocycles. The number of hydrogen-bond donors (Lipinski definition) is 0. The molecule has 6 heteroatoms. The van der Waals surface area contributed by atoms with Crippen LogP contribution in [0.15, 0.2) is 97.2 Å². The van der Waals surface area contributed by atoms with Crippen LogP contribution in [0.5, 0.6) is 0 Å². The summed E-state index contributed by atoms with van der Waals surface area (Å²) in [7, 11) is 0. The quantitative estimate of drug-likeness (QED) is 0.0262. The topological polar surface area (TPSA) is 78.9 Å². The number of rotatable bonds is 47. The first kappa shape index (κ1) is 61.3. The Labute approximate surface area is 400 Å². The lowest BCUT2D eigenvalue weighted by molar-refractivity contribution is -0.167. The molecule has 0 bridgehead atoms. The van der Waals surface area contributed by atoms with E-state index in [-0.39, 0.29) is 37.5 Å². The summed E-state index contributed by atoms with van der Waals surface area (Å²) in [6, 6.07) is 0. The summed E-state index contributed by atoms with van der Waals surface area (Å²) < 4.78 is 16.7. The van der Waals surface area contributed by atoms with Crippen molar-refractivity contribution in [2.45, 2.75) is 245 Å². The van der Waals surface area contributed by atoms with Crippen molar-refractivity contribution in [2.24, 2.45) is 0 Å². The molecule has 6 nitrogen and oxygen atoms in total. The number of allylic oxidation sites excluding steroid dienone is 16. The van der Waals surface area contributed by atoms with Crippen LogP contribution in [0.2, 0.25) is 0 Å². The second-order valence-electron chi connectivity index (χ2n) is 17.4. The maximum atomic E-state index is 12.8. The molecule has 0 N–H and O–H groups in total. The number of hydrogen-bond acceptors (Lipinski definition) is 6. The highest BCUT2D eigenvalue weighted by atomic mass is 16.6. The Morgan fingerprint density at radius 2 is 0.615 bits per heavy atom. The molecule has 0 spiro atoms. The fourth-order valence-electron chi connectivity index (χ4n) is 7.07. The minimum atomic E-state index is -0.811. The Morgan fingerprint density at radius 3 is 1.02 bits per heavy atom. The van der Waals surface area contributed by atoms with Gasteiger partial charge < -0.3 is 14.2 Å². The van der Waals surface area contributed by atoms with Gasteiger partial charge in [0.25, 0.3) is 0 Å². The Kier molecular flexibility index (Phi) is 50.0. The van der Waals surface area contributed by atoms with Crippen LogP contribution in [0.4, 0.5) is 0 Å². The van der Waals surface area contributed by atoms with E-state index in [9.17, 15) is 14.4 Å². The third kappa shape index (κ3) is 51.2. The van der Waals surface area contributed by atoms with Gasteiger partial charge in [-0.05, 0) is 96.3 Å². The molecule has 0 heterocycles. The average molecular weight is 903 g/mol. The van der Waals surface area contributed by atoms with E-state index in [4.69, 9.17) is 14.2 Å². The summed E-state index contributed by atoms with van der Waals surface area (Å²) in [5, 5.41) is 0. The SMILES string of the molecule is CC/C=C\C/C=C\C/C=C\C/C=C\C/C=C\CCCC(=O)OC(COC(=O)CCCCCCCC/C=C\C/C=C\C/C=C\CCCCC)COC(=O)CCCCCCCCCCCCC. The van der Waals surface area contributed by atoms with Crippen LogP contribution in [-0.2, 0) is 28.6 Å². The van der Waals surface area contributed by atoms with E-state index in [0.29, 0.717) is 19.3 Å². The third-order valence-corrected chi connectivity index (χ3v) is 11.1. The molecule has 1 unspecified atom stereocenters. The van der Waals surface area contributed by atoms with Crippen LogP contribution >= 0.6 is 0 Å². The van der Waals surface area contributed by atoms with Crippen LogP contribution in [0, 0.1) is 0 Å². The smallest absolute Gasteiger partial charge is 0.306 e. The number of unbranched alkanes of at least 4 members (excludes halogenated alkanes) is 20. The molecule has 0 aromatic rings. The van der Waals surface area contributed by atoms with Crippen molar-refractivity contribution < 1.29 is 28.6 Å². The lowest BCUT2D eigenvalue weighted by atomic mass is 10.1. The van der Waals surface area contributed by atoms with Gasteiger partial charge in [0, 0.05) is 19.3 Å². The first-order valence-corrected chi connectivity index (χ1v) is 26.7. The second-order valence-corrected chi connectivity index (χ2v) is 17.4. The first-order chi connectivity index (χ1) is 32.0. The zero-order chi connectivity index (χ0) is 47.2. The zero-order valence-corrected chi connectivity index (χ0v) is 42.2. The van der Waals surface area contributed by atoms with Crippen LogP contribution in [0.3, 0.4) is 0 Å². The molecular weight excluding hydrogens is 805 g/mol. The van der Waals surface area contributed by atoms with Crippen molar-refractivity contribution in [3.63, 3.8) is 0 Å². The Balaban J connectivity index is 4.48. The number of esters is 3. The Morgan fingerprint density at radius 1 is 0.323 bits per heavy atom. The van der Waals surface area contributed by atoms with Gasteiger partial charge in [-0.3, -0.25) is 14.4 Å². The normalized spacial score (nSPS) is 12.8. The molecule has 0 radical (unpaired) electrons.